The Labute approximate surface area is 131 Å². The number of anilines is 1. The second-order valence-electron chi connectivity index (χ2n) is 5.05. The van der Waals surface area contributed by atoms with E-state index in [1.54, 1.807) is 12.1 Å². The average Bonchev–Trinajstić information content (AvgIpc) is 2.51. The molecule has 0 fully saturated rings. The van der Waals surface area contributed by atoms with Crippen molar-refractivity contribution in [3.8, 4) is 5.75 Å². The van der Waals surface area contributed by atoms with Gasteiger partial charge in [0, 0.05) is 6.04 Å². The Morgan fingerprint density at radius 1 is 1.32 bits per heavy atom. The van der Waals surface area contributed by atoms with Crippen LogP contribution in [0.3, 0.4) is 0 Å². The number of hydrogen-bond donors (Lipinski definition) is 2. The van der Waals surface area contributed by atoms with Gasteiger partial charge in [0.05, 0.1) is 17.9 Å². The molecule has 6 nitrogen and oxygen atoms in total. The molecule has 3 N–H and O–H groups in total. The summed E-state index contributed by atoms with van der Waals surface area (Å²) in [5.74, 6) is -0.367. The van der Waals surface area contributed by atoms with Crippen LogP contribution in [0.15, 0.2) is 18.2 Å². The number of nitrogen functional groups attached to an aromatic ring is 1. The zero-order valence-corrected chi connectivity index (χ0v) is 13.3. The standard InChI is InChI=1S/C16H24N2O4/c1-4-8-21-16(20)12-6-7-13(17)14(9-12)22-10-15(19)18-11(3)5-2/h6-7,9,11H,4-5,8,10,17H2,1-3H3,(H,18,19). The Balaban J connectivity index is 2.66. The van der Waals surface area contributed by atoms with Crippen molar-refractivity contribution < 1.29 is 19.1 Å². The van der Waals surface area contributed by atoms with Crippen LogP contribution >= 0.6 is 0 Å². The van der Waals surface area contributed by atoms with Crippen LogP contribution in [0, 0.1) is 0 Å². The van der Waals surface area contributed by atoms with Gasteiger partial charge in [-0.15, -0.1) is 0 Å². The van der Waals surface area contributed by atoms with Crippen molar-refractivity contribution in [1.82, 2.24) is 5.32 Å². The van der Waals surface area contributed by atoms with Crippen molar-refractivity contribution in [3.05, 3.63) is 23.8 Å². The van der Waals surface area contributed by atoms with Crippen molar-refractivity contribution in [2.24, 2.45) is 0 Å². The molecule has 0 saturated carbocycles. The molecule has 1 aromatic rings. The molecule has 122 valence electrons. The number of nitrogens with one attached hydrogen (secondary N) is 1. The number of esters is 1. The van der Waals surface area contributed by atoms with Crippen LogP contribution in [0.1, 0.15) is 44.0 Å². The lowest BCUT2D eigenvalue weighted by Crippen LogP contribution is -2.35. The van der Waals surface area contributed by atoms with E-state index in [1.165, 1.54) is 6.07 Å². The molecule has 1 unspecified atom stereocenters. The summed E-state index contributed by atoms with van der Waals surface area (Å²) in [6, 6.07) is 4.71. The Morgan fingerprint density at radius 3 is 2.68 bits per heavy atom. The van der Waals surface area contributed by atoms with Crippen LogP contribution in [-0.4, -0.2) is 31.1 Å². The van der Waals surface area contributed by atoms with Crippen LogP contribution in [0.2, 0.25) is 0 Å². The molecule has 6 heteroatoms. The minimum atomic E-state index is -0.434. The van der Waals surface area contributed by atoms with E-state index in [0.29, 0.717) is 23.6 Å². The summed E-state index contributed by atoms with van der Waals surface area (Å²) in [6.07, 6.45) is 1.59. The summed E-state index contributed by atoms with van der Waals surface area (Å²) in [5.41, 5.74) is 6.51. The molecule has 1 aromatic carbocycles. The highest BCUT2D eigenvalue weighted by atomic mass is 16.5. The maximum atomic E-state index is 11.8. The van der Waals surface area contributed by atoms with E-state index >= 15 is 0 Å². The Hall–Kier alpha value is -2.24. The summed E-state index contributed by atoms with van der Waals surface area (Å²) in [7, 11) is 0. The SMILES string of the molecule is CCCOC(=O)c1ccc(N)c(OCC(=O)NC(C)CC)c1. The molecular weight excluding hydrogens is 284 g/mol. The fourth-order valence-electron chi connectivity index (χ4n) is 1.63. The maximum Gasteiger partial charge on any atom is 0.338 e. The van der Waals surface area contributed by atoms with Crippen molar-refractivity contribution >= 4 is 17.6 Å². The second-order valence-corrected chi connectivity index (χ2v) is 5.05. The van der Waals surface area contributed by atoms with E-state index in [9.17, 15) is 9.59 Å². The zero-order valence-electron chi connectivity index (χ0n) is 13.3. The molecule has 1 amide bonds. The molecule has 0 aliphatic carbocycles. The van der Waals surface area contributed by atoms with Gasteiger partial charge in [-0.05, 0) is 38.0 Å². The lowest BCUT2D eigenvalue weighted by atomic mass is 10.2. The first-order valence-corrected chi connectivity index (χ1v) is 7.46. The summed E-state index contributed by atoms with van der Waals surface area (Å²) in [4.78, 5) is 23.5. The smallest absolute Gasteiger partial charge is 0.338 e. The maximum absolute atomic E-state index is 11.8. The van der Waals surface area contributed by atoms with Crippen LogP contribution < -0.4 is 15.8 Å². The molecule has 0 saturated heterocycles. The van der Waals surface area contributed by atoms with Crippen molar-refractivity contribution in [2.75, 3.05) is 18.9 Å². The molecule has 0 aromatic heterocycles. The number of benzene rings is 1. The Morgan fingerprint density at radius 2 is 2.05 bits per heavy atom. The predicted octanol–water partition coefficient (Wildman–Crippen LogP) is 2.13. The number of ether oxygens (including phenoxy) is 2. The summed E-state index contributed by atoms with van der Waals surface area (Å²) >= 11 is 0. The molecule has 1 rings (SSSR count). The van der Waals surface area contributed by atoms with Gasteiger partial charge in [0.15, 0.2) is 6.61 Å². The van der Waals surface area contributed by atoms with Gasteiger partial charge in [0.1, 0.15) is 5.75 Å². The highest BCUT2D eigenvalue weighted by Gasteiger charge is 2.12. The zero-order chi connectivity index (χ0) is 16.5. The van der Waals surface area contributed by atoms with Gasteiger partial charge in [-0.25, -0.2) is 4.79 Å². The highest BCUT2D eigenvalue weighted by molar-refractivity contribution is 5.90. The molecule has 22 heavy (non-hydrogen) atoms. The van der Waals surface area contributed by atoms with E-state index in [-0.39, 0.29) is 18.6 Å². The van der Waals surface area contributed by atoms with Gasteiger partial charge >= 0.3 is 5.97 Å². The second kappa shape index (κ2) is 8.92. The number of rotatable bonds is 8. The highest BCUT2D eigenvalue weighted by Crippen LogP contribution is 2.23. The lowest BCUT2D eigenvalue weighted by molar-refractivity contribution is -0.123. The molecule has 1 atom stereocenters. The van der Waals surface area contributed by atoms with Gasteiger partial charge in [-0.1, -0.05) is 13.8 Å². The van der Waals surface area contributed by atoms with Gasteiger partial charge in [0.25, 0.3) is 5.91 Å². The first kappa shape index (κ1) is 17.8. The minimum Gasteiger partial charge on any atom is -0.482 e. The van der Waals surface area contributed by atoms with E-state index in [1.807, 2.05) is 20.8 Å². The van der Waals surface area contributed by atoms with Gasteiger partial charge in [-0.3, -0.25) is 4.79 Å². The summed E-state index contributed by atoms with van der Waals surface area (Å²) in [6.45, 7) is 6.02. The minimum absolute atomic E-state index is 0.0869. The van der Waals surface area contributed by atoms with Crippen LogP contribution in [0.25, 0.3) is 0 Å². The van der Waals surface area contributed by atoms with Gasteiger partial charge in [-0.2, -0.15) is 0 Å². The average molecular weight is 308 g/mol. The summed E-state index contributed by atoms with van der Waals surface area (Å²) in [5, 5.41) is 2.79. The topological polar surface area (TPSA) is 90.7 Å². The third-order valence-electron chi connectivity index (χ3n) is 3.07. The molecule has 0 spiro atoms. The van der Waals surface area contributed by atoms with Crippen molar-refractivity contribution in [1.29, 1.82) is 0 Å². The third kappa shape index (κ3) is 5.63. The quantitative estimate of drug-likeness (QED) is 0.567. The van der Waals surface area contributed by atoms with E-state index in [2.05, 4.69) is 5.32 Å². The number of carbonyl (C=O) groups excluding carboxylic acids is 2. The number of carbonyl (C=O) groups is 2. The molecule has 0 bridgehead atoms. The first-order valence-electron chi connectivity index (χ1n) is 7.46. The molecule has 0 heterocycles. The largest absolute Gasteiger partial charge is 0.482 e. The van der Waals surface area contributed by atoms with Gasteiger partial charge in [0.2, 0.25) is 0 Å². The monoisotopic (exact) mass is 308 g/mol. The first-order chi connectivity index (χ1) is 10.5. The number of amides is 1. The number of hydrogen-bond acceptors (Lipinski definition) is 5. The van der Waals surface area contributed by atoms with E-state index in [0.717, 1.165) is 12.8 Å². The Kier molecular flexibility index (Phi) is 7.22. The fourth-order valence-corrected chi connectivity index (χ4v) is 1.63. The third-order valence-corrected chi connectivity index (χ3v) is 3.07. The molecular formula is C16H24N2O4. The van der Waals surface area contributed by atoms with Crippen LogP contribution in [0.4, 0.5) is 5.69 Å². The predicted molar refractivity (Wildman–Crippen MR) is 84.8 cm³/mol. The molecule has 0 aliphatic heterocycles. The normalized spacial score (nSPS) is 11.6. The van der Waals surface area contributed by atoms with Crippen molar-refractivity contribution in [2.45, 2.75) is 39.7 Å². The molecule has 0 radical (unpaired) electrons. The molecule has 0 aliphatic rings. The van der Waals surface area contributed by atoms with Gasteiger partial charge < -0.3 is 20.5 Å². The Bertz CT molecular complexity index is 517. The number of nitrogens with two attached hydrogens (primary N) is 1. The van der Waals surface area contributed by atoms with Crippen LogP contribution in [0.5, 0.6) is 5.75 Å². The van der Waals surface area contributed by atoms with Crippen molar-refractivity contribution in [3.63, 3.8) is 0 Å². The van der Waals surface area contributed by atoms with E-state index in [4.69, 9.17) is 15.2 Å². The van der Waals surface area contributed by atoms with E-state index < -0.39 is 5.97 Å². The lowest BCUT2D eigenvalue weighted by Gasteiger charge is -2.13. The summed E-state index contributed by atoms with van der Waals surface area (Å²) < 4.78 is 10.4. The fraction of sp³-hybridized carbons (Fsp3) is 0.500. The van der Waals surface area contributed by atoms with Crippen LogP contribution in [-0.2, 0) is 9.53 Å².